The van der Waals surface area contributed by atoms with Crippen LogP contribution in [-0.4, -0.2) is 64.5 Å². The minimum absolute atomic E-state index is 0.0384. The lowest BCUT2D eigenvalue weighted by Crippen LogP contribution is -2.37. The third kappa shape index (κ3) is 4.31. The van der Waals surface area contributed by atoms with Gasteiger partial charge in [0.1, 0.15) is 9.88 Å². The van der Waals surface area contributed by atoms with Gasteiger partial charge in [-0.1, -0.05) is 6.07 Å². The fraction of sp³-hybridized carbons (Fsp3) is 0.500. The lowest BCUT2D eigenvalue weighted by atomic mass is 10.1. The number of likely N-dealkylation sites (N-methyl/N-ethyl adjacent to an activating group) is 1. The van der Waals surface area contributed by atoms with Crippen LogP contribution in [0.25, 0.3) is 9.88 Å². The normalized spacial score (nSPS) is 18.1. The van der Waals surface area contributed by atoms with E-state index in [1.807, 2.05) is 41.3 Å². The molecule has 8 heteroatoms. The fourth-order valence-electron chi connectivity index (χ4n) is 3.31. The minimum atomic E-state index is -0.814. The molecule has 1 atom stereocenters. The molecule has 3 heterocycles. The number of hydrogen-bond acceptors (Lipinski definition) is 6. The van der Waals surface area contributed by atoms with Gasteiger partial charge < -0.3 is 10.0 Å². The zero-order chi connectivity index (χ0) is 18.7. The Labute approximate surface area is 161 Å². The largest absolute Gasteiger partial charge is 0.480 e. The van der Waals surface area contributed by atoms with Crippen LogP contribution in [0.4, 0.5) is 0 Å². The molecule has 1 saturated heterocycles. The quantitative estimate of drug-likeness (QED) is 0.844. The van der Waals surface area contributed by atoms with Crippen LogP contribution >= 0.6 is 22.7 Å². The Morgan fingerprint density at radius 3 is 2.88 bits per heavy atom. The number of aromatic nitrogens is 1. The third-order valence-corrected chi connectivity index (χ3v) is 6.90. The number of carbonyl (C=O) groups excluding carboxylic acids is 1. The number of thiazole rings is 1. The second kappa shape index (κ2) is 8.28. The number of carboxylic acid groups (broad SMARTS) is 1. The second-order valence-electron chi connectivity index (χ2n) is 6.60. The number of amides is 1. The molecule has 0 radical (unpaired) electrons. The molecule has 0 spiro atoms. The van der Waals surface area contributed by atoms with Gasteiger partial charge in [-0.05, 0) is 44.7 Å². The van der Waals surface area contributed by atoms with Crippen molar-refractivity contribution in [2.75, 3.05) is 26.7 Å². The maximum absolute atomic E-state index is 13.0. The number of hydrogen-bond donors (Lipinski definition) is 1. The first-order valence-electron chi connectivity index (χ1n) is 8.68. The molecule has 3 rings (SSSR count). The molecule has 0 saturated carbocycles. The van der Waals surface area contributed by atoms with Crippen LogP contribution in [0.15, 0.2) is 17.5 Å². The highest BCUT2D eigenvalue weighted by Gasteiger charge is 2.27. The molecule has 1 aliphatic heterocycles. The van der Waals surface area contributed by atoms with Gasteiger partial charge in [0.2, 0.25) is 0 Å². The number of carboxylic acids is 1. The van der Waals surface area contributed by atoms with Gasteiger partial charge >= 0.3 is 5.97 Å². The molecule has 2 aromatic rings. The van der Waals surface area contributed by atoms with Crippen molar-refractivity contribution in [1.29, 1.82) is 0 Å². The summed E-state index contributed by atoms with van der Waals surface area (Å²) in [7, 11) is 1.84. The molecule has 0 aliphatic carbocycles. The molecule has 6 nitrogen and oxygen atoms in total. The van der Waals surface area contributed by atoms with Crippen LogP contribution in [-0.2, 0) is 4.79 Å². The number of rotatable bonds is 5. The van der Waals surface area contributed by atoms with E-state index in [-0.39, 0.29) is 18.5 Å². The van der Waals surface area contributed by atoms with Crippen LogP contribution in [0.2, 0.25) is 0 Å². The van der Waals surface area contributed by atoms with Gasteiger partial charge in [0, 0.05) is 19.1 Å². The van der Waals surface area contributed by atoms with Crippen molar-refractivity contribution in [3.8, 4) is 9.88 Å². The Balaban J connectivity index is 1.68. The first kappa shape index (κ1) is 19.0. The van der Waals surface area contributed by atoms with Crippen LogP contribution in [0, 0.1) is 6.92 Å². The van der Waals surface area contributed by atoms with E-state index in [2.05, 4.69) is 4.98 Å². The van der Waals surface area contributed by atoms with Crippen LogP contribution in [0.1, 0.15) is 34.6 Å². The SMILES string of the molecule is Cc1nc(-c2cccs2)sc1C(=O)N1CCCC(N(C)CC(=O)O)CC1. The Bertz CT molecular complexity index is 773. The molecule has 1 unspecified atom stereocenters. The summed E-state index contributed by atoms with van der Waals surface area (Å²) in [5, 5.41) is 11.9. The van der Waals surface area contributed by atoms with E-state index >= 15 is 0 Å². The summed E-state index contributed by atoms with van der Waals surface area (Å²) in [5.41, 5.74) is 0.784. The highest BCUT2D eigenvalue weighted by Crippen LogP contribution is 2.32. The van der Waals surface area contributed by atoms with Crippen molar-refractivity contribution in [2.45, 2.75) is 32.2 Å². The lowest BCUT2D eigenvalue weighted by molar-refractivity contribution is -0.138. The summed E-state index contributed by atoms with van der Waals surface area (Å²) in [5.74, 6) is -0.768. The summed E-state index contributed by atoms with van der Waals surface area (Å²) in [6.07, 6.45) is 2.59. The highest BCUT2D eigenvalue weighted by molar-refractivity contribution is 7.22. The minimum Gasteiger partial charge on any atom is -0.480 e. The predicted octanol–water partition coefficient (Wildman–Crippen LogP) is 3.19. The molecule has 2 aromatic heterocycles. The first-order valence-corrected chi connectivity index (χ1v) is 10.4. The van der Waals surface area contributed by atoms with Crippen LogP contribution in [0.5, 0.6) is 0 Å². The van der Waals surface area contributed by atoms with Gasteiger partial charge in [-0.25, -0.2) is 4.98 Å². The molecule has 140 valence electrons. The maximum atomic E-state index is 13.0. The van der Waals surface area contributed by atoms with Crippen molar-refractivity contribution in [1.82, 2.24) is 14.8 Å². The van der Waals surface area contributed by atoms with Gasteiger partial charge in [-0.3, -0.25) is 14.5 Å². The highest BCUT2D eigenvalue weighted by atomic mass is 32.1. The summed E-state index contributed by atoms with van der Waals surface area (Å²) < 4.78 is 0. The lowest BCUT2D eigenvalue weighted by Gasteiger charge is -2.25. The summed E-state index contributed by atoms with van der Waals surface area (Å²) in [6, 6.07) is 4.21. The first-order chi connectivity index (χ1) is 12.5. The van der Waals surface area contributed by atoms with Gasteiger partial charge in [0.25, 0.3) is 5.91 Å². The monoisotopic (exact) mass is 393 g/mol. The number of likely N-dealkylation sites (tertiary alicyclic amines) is 1. The van der Waals surface area contributed by atoms with Crippen molar-refractivity contribution in [3.05, 3.63) is 28.1 Å². The molecule has 1 N–H and O–H groups in total. The van der Waals surface area contributed by atoms with E-state index < -0.39 is 5.97 Å². The zero-order valence-electron chi connectivity index (χ0n) is 15.0. The molecular weight excluding hydrogens is 370 g/mol. The Morgan fingerprint density at radius 2 is 2.19 bits per heavy atom. The number of nitrogens with zero attached hydrogens (tertiary/aromatic N) is 3. The molecule has 26 heavy (non-hydrogen) atoms. The number of carbonyl (C=O) groups is 2. The number of aryl methyl sites for hydroxylation is 1. The Hall–Kier alpha value is -1.77. The van der Waals surface area contributed by atoms with Crippen molar-refractivity contribution in [3.63, 3.8) is 0 Å². The molecule has 1 fully saturated rings. The fourth-order valence-corrected chi connectivity index (χ4v) is 5.14. The van der Waals surface area contributed by atoms with E-state index in [9.17, 15) is 9.59 Å². The van der Waals surface area contributed by atoms with E-state index in [1.54, 1.807) is 11.3 Å². The second-order valence-corrected chi connectivity index (χ2v) is 8.54. The van der Waals surface area contributed by atoms with Gasteiger partial charge in [-0.2, -0.15) is 0 Å². The predicted molar refractivity (Wildman–Crippen MR) is 104 cm³/mol. The van der Waals surface area contributed by atoms with Crippen LogP contribution in [0.3, 0.4) is 0 Å². The molecule has 0 bridgehead atoms. The summed E-state index contributed by atoms with van der Waals surface area (Å²) in [6.45, 7) is 3.29. The van der Waals surface area contributed by atoms with Crippen molar-refractivity contribution in [2.24, 2.45) is 0 Å². The van der Waals surface area contributed by atoms with Crippen molar-refractivity contribution >= 4 is 34.6 Å². The van der Waals surface area contributed by atoms with E-state index in [1.165, 1.54) is 11.3 Å². The van der Waals surface area contributed by atoms with Crippen LogP contribution < -0.4 is 0 Å². The molecule has 0 aromatic carbocycles. The summed E-state index contributed by atoms with van der Waals surface area (Å²) >= 11 is 3.09. The standard InChI is InChI=1S/C18H23N3O3S2/c1-12-16(26-17(19-12)14-6-4-10-25-14)18(24)21-8-3-5-13(7-9-21)20(2)11-15(22)23/h4,6,10,13H,3,5,7-9,11H2,1-2H3,(H,22,23). The number of aliphatic carboxylic acids is 1. The van der Waals surface area contributed by atoms with E-state index in [0.717, 1.165) is 34.8 Å². The molecule has 1 amide bonds. The Morgan fingerprint density at radius 1 is 1.38 bits per heavy atom. The van der Waals surface area contributed by atoms with Gasteiger partial charge in [0.15, 0.2) is 0 Å². The average molecular weight is 394 g/mol. The van der Waals surface area contributed by atoms with Gasteiger partial charge in [0.05, 0.1) is 17.1 Å². The average Bonchev–Trinajstić information content (AvgIpc) is 3.17. The van der Waals surface area contributed by atoms with Gasteiger partial charge in [-0.15, -0.1) is 22.7 Å². The molecular formula is C18H23N3O3S2. The third-order valence-electron chi connectivity index (χ3n) is 4.72. The maximum Gasteiger partial charge on any atom is 0.317 e. The molecule has 1 aliphatic rings. The van der Waals surface area contributed by atoms with E-state index in [0.29, 0.717) is 18.0 Å². The number of thiophene rings is 1. The Kier molecular flexibility index (Phi) is 6.05. The van der Waals surface area contributed by atoms with E-state index in [4.69, 9.17) is 5.11 Å². The van der Waals surface area contributed by atoms with Crippen molar-refractivity contribution < 1.29 is 14.7 Å². The zero-order valence-corrected chi connectivity index (χ0v) is 16.6. The smallest absolute Gasteiger partial charge is 0.317 e. The summed E-state index contributed by atoms with van der Waals surface area (Å²) in [4.78, 5) is 34.1. The topological polar surface area (TPSA) is 73.7 Å².